The molecule has 1 unspecified atom stereocenters. The first kappa shape index (κ1) is 16.8. The number of hydrogen-bond donors (Lipinski definition) is 2. The Bertz CT molecular complexity index is 419. The van der Waals surface area contributed by atoms with Gasteiger partial charge in [0.05, 0.1) is 6.10 Å². The number of nitrogens with zero attached hydrogens (tertiary/aromatic N) is 1. The van der Waals surface area contributed by atoms with Gasteiger partial charge in [-0.05, 0) is 56.9 Å². The topological polar surface area (TPSA) is 35.5 Å². The van der Waals surface area contributed by atoms with Crippen LogP contribution in [-0.4, -0.2) is 41.8 Å². The fraction of sp³-hybridized carbons (Fsp3) is 0.647. The van der Waals surface area contributed by atoms with Crippen LogP contribution in [-0.2, 0) is 6.54 Å². The maximum absolute atomic E-state index is 9.56. The molecule has 3 nitrogen and oxygen atoms in total. The zero-order valence-electron chi connectivity index (χ0n) is 12.9. The number of likely N-dealkylation sites (tertiary alicyclic amines) is 1. The zero-order valence-corrected chi connectivity index (χ0v) is 13.6. The molecule has 1 atom stereocenters. The lowest BCUT2D eigenvalue weighted by molar-refractivity contribution is 0.152. The van der Waals surface area contributed by atoms with Crippen molar-refractivity contribution in [3.63, 3.8) is 0 Å². The van der Waals surface area contributed by atoms with Crippen LogP contribution in [0, 0.1) is 0 Å². The molecule has 1 heterocycles. The minimum Gasteiger partial charge on any atom is -0.393 e. The van der Waals surface area contributed by atoms with E-state index in [1.807, 2.05) is 19.1 Å². The first-order chi connectivity index (χ1) is 10.2. The number of aliphatic hydroxyl groups is 1. The van der Waals surface area contributed by atoms with Gasteiger partial charge in [0.25, 0.3) is 0 Å². The molecule has 0 aliphatic carbocycles. The highest BCUT2D eigenvalue weighted by Crippen LogP contribution is 2.19. The van der Waals surface area contributed by atoms with Gasteiger partial charge in [-0.2, -0.15) is 0 Å². The molecule has 1 fully saturated rings. The average molecular weight is 311 g/mol. The molecule has 0 radical (unpaired) electrons. The van der Waals surface area contributed by atoms with E-state index in [-0.39, 0.29) is 6.10 Å². The summed E-state index contributed by atoms with van der Waals surface area (Å²) < 4.78 is 0. The normalized spacial score (nSPS) is 18.8. The summed E-state index contributed by atoms with van der Waals surface area (Å²) in [5.74, 6) is 0. The zero-order chi connectivity index (χ0) is 15.1. The van der Waals surface area contributed by atoms with E-state index in [9.17, 15) is 5.11 Å². The summed E-state index contributed by atoms with van der Waals surface area (Å²) in [7, 11) is 0. The van der Waals surface area contributed by atoms with Crippen LogP contribution in [0.25, 0.3) is 0 Å². The Balaban J connectivity index is 1.68. The third-order valence-corrected chi connectivity index (χ3v) is 4.69. The summed E-state index contributed by atoms with van der Waals surface area (Å²) in [6.07, 6.45) is 3.89. The highest BCUT2D eigenvalue weighted by Gasteiger charge is 2.19. The van der Waals surface area contributed by atoms with Gasteiger partial charge >= 0.3 is 0 Å². The monoisotopic (exact) mass is 310 g/mol. The van der Waals surface area contributed by atoms with Crippen LogP contribution in [0.1, 0.15) is 38.2 Å². The summed E-state index contributed by atoms with van der Waals surface area (Å²) in [5, 5.41) is 14.0. The van der Waals surface area contributed by atoms with Crippen LogP contribution >= 0.6 is 11.6 Å². The predicted octanol–water partition coefficient (Wildman–Crippen LogP) is 3.06. The molecular formula is C17H27ClN2O. The molecule has 1 aliphatic heterocycles. The number of aliphatic hydroxyl groups excluding tert-OH is 1. The number of nitrogens with one attached hydrogen (secondary N) is 1. The second-order valence-corrected chi connectivity index (χ2v) is 6.35. The van der Waals surface area contributed by atoms with E-state index in [1.165, 1.54) is 18.4 Å². The van der Waals surface area contributed by atoms with Gasteiger partial charge in [-0.1, -0.05) is 36.7 Å². The molecule has 0 aromatic heterocycles. The Morgan fingerprint density at radius 2 is 2.05 bits per heavy atom. The first-order valence-corrected chi connectivity index (χ1v) is 8.44. The lowest BCUT2D eigenvalue weighted by Crippen LogP contribution is -2.42. The third kappa shape index (κ3) is 5.59. The van der Waals surface area contributed by atoms with Crippen molar-refractivity contribution in [1.82, 2.24) is 10.2 Å². The van der Waals surface area contributed by atoms with Crippen molar-refractivity contribution in [3.05, 3.63) is 34.9 Å². The predicted molar refractivity (Wildman–Crippen MR) is 88.7 cm³/mol. The van der Waals surface area contributed by atoms with E-state index in [0.717, 1.165) is 44.0 Å². The molecule has 0 spiro atoms. The number of piperidine rings is 1. The molecule has 4 heteroatoms. The van der Waals surface area contributed by atoms with Crippen LogP contribution in [0.5, 0.6) is 0 Å². The standard InChI is InChI=1S/C17H27ClN2O/c1-2-16(21)7-10-19-15-8-11-20(12-9-15)13-14-5-3-4-6-17(14)18/h3-6,15-16,19,21H,2,7-13H2,1H3. The fourth-order valence-electron chi connectivity index (χ4n) is 2.82. The van der Waals surface area contributed by atoms with Gasteiger partial charge in [-0.15, -0.1) is 0 Å². The molecule has 0 saturated carbocycles. The second kappa shape index (κ2) is 8.74. The number of halogens is 1. The number of rotatable bonds is 7. The SMILES string of the molecule is CCC(O)CCNC1CCN(Cc2ccccc2Cl)CC1. The van der Waals surface area contributed by atoms with E-state index in [2.05, 4.69) is 22.3 Å². The van der Waals surface area contributed by atoms with Crippen LogP contribution in [0.2, 0.25) is 5.02 Å². The summed E-state index contributed by atoms with van der Waals surface area (Å²) in [5.41, 5.74) is 1.22. The molecule has 2 rings (SSSR count). The minimum absolute atomic E-state index is 0.155. The van der Waals surface area contributed by atoms with E-state index >= 15 is 0 Å². The molecule has 1 saturated heterocycles. The minimum atomic E-state index is -0.155. The molecular weight excluding hydrogens is 284 g/mol. The second-order valence-electron chi connectivity index (χ2n) is 5.95. The lowest BCUT2D eigenvalue weighted by Gasteiger charge is -2.32. The maximum Gasteiger partial charge on any atom is 0.0549 e. The van der Waals surface area contributed by atoms with Crippen molar-refractivity contribution >= 4 is 11.6 Å². The first-order valence-electron chi connectivity index (χ1n) is 8.06. The van der Waals surface area contributed by atoms with Gasteiger partial charge in [0.2, 0.25) is 0 Å². The van der Waals surface area contributed by atoms with Crippen molar-refractivity contribution in [2.45, 2.75) is 51.3 Å². The van der Waals surface area contributed by atoms with Gasteiger partial charge in [0.1, 0.15) is 0 Å². The maximum atomic E-state index is 9.56. The van der Waals surface area contributed by atoms with Gasteiger partial charge in [0.15, 0.2) is 0 Å². The smallest absolute Gasteiger partial charge is 0.0549 e. The van der Waals surface area contributed by atoms with Crippen molar-refractivity contribution in [2.75, 3.05) is 19.6 Å². The Morgan fingerprint density at radius 1 is 1.33 bits per heavy atom. The molecule has 21 heavy (non-hydrogen) atoms. The summed E-state index contributed by atoms with van der Waals surface area (Å²) >= 11 is 6.22. The van der Waals surface area contributed by atoms with Crippen molar-refractivity contribution in [3.8, 4) is 0 Å². The summed E-state index contributed by atoms with van der Waals surface area (Å²) in [6, 6.07) is 8.70. The lowest BCUT2D eigenvalue weighted by atomic mass is 10.0. The van der Waals surface area contributed by atoms with Crippen LogP contribution in [0.15, 0.2) is 24.3 Å². The fourth-order valence-corrected chi connectivity index (χ4v) is 3.02. The van der Waals surface area contributed by atoms with Gasteiger partial charge in [-0.3, -0.25) is 4.90 Å². The molecule has 1 aliphatic rings. The van der Waals surface area contributed by atoms with Gasteiger partial charge in [0, 0.05) is 17.6 Å². The van der Waals surface area contributed by atoms with Crippen LogP contribution in [0.4, 0.5) is 0 Å². The van der Waals surface area contributed by atoms with Gasteiger partial charge < -0.3 is 10.4 Å². The van der Waals surface area contributed by atoms with E-state index in [4.69, 9.17) is 11.6 Å². The van der Waals surface area contributed by atoms with Crippen molar-refractivity contribution in [2.24, 2.45) is 0 Å². The highest BCUT2D eigenvalue weighted by atomic mass is 35.5. The Labute approximate surface area is 133 Å². The Kier molecular flexibility index (Phi) is 6.97. The highest BCUT2D eigenvalue weighted by molar-refractivity contribution is 6.31. The molecule has 0 amide bonds. The quantitative estimate of drug-likeness (QED) is 0.812. The van der Waals surface area contributed by atoms with Crippen molar-refractivity contribution in [1.29, 1.82) is 0 Å². The molecule has 0 bridgehead atoms. The van der Waals surface area contributed by atoms with Crippen LogP contribution in [0.3, 0.4) is 0 Å². The summed E-state index contributed by atoms with van der Waals surface area (Å²) in [6.45, 7) is 6.11. The number of benzene rings is 1. The molecule has 2 N–H and O–H groups in total. The average Bonchev–Trinajstić information content (AvgIpc) is 2.51. The number of hydrogen-bond acceptors (Lipinski definition) is 3. The van der Waals surface area contributed by atoms with E-state index in [0.29, 0.717) is 6.04 Å². The largest absolute Gasteiger partial charge is 0.393 e. The Morgan fingerprint density at radius 3 is 2.71 bits per heavy atom. The molecule has 1 aromatic rings. The van der Waals surface area contributed by atoms with E-state index in [1.54, 1.807) is 0 Å². The Hall–Kier alpha value is -0.610. The molecule has 118 valence electrons. The summed E-state index contributed by atoms with van der Waals surface area (Å²) in [4.78, 5) is 2.47. The van der Waals surface area contributed by atoms with E-state index < -0.39 is 0 Å². The molecule has 1 aromatic carbocycles. The third-order valence-electron chi connectivity index (χ3n) is 4.32. The van der Waals surface area contributed by atoms with Crippen LogP contribution < -0.4 is 5.32 Å². The van der Waals surface area contributed by atoms with Gasteiger partial charge in [-0.25, -0.2) is 0 Å². The van der Waals surface area contributed by atoms with Crippen molar-refractivity contribution < 1.29 is 5.11 Å².